The molecule has 4 aliphatic heterocycles. The number of benzene rings is 5. The standard InChI is InChI=1S/C53H54N4O11/c1-31(2)43(49(60)66-5)54-52(63)56-38-22-14-13-21-37(38)53(51(56)62)42(48(59)55-25-24-34-28-40(64-3)41(65-4)29-35(34)30-55)45-50(61)68-46(33-18-10-7-11-19-33)44(32-16-8-6-9-17-32)57(45)47(53)36-20-12-15-23-39(36)67-27-26-58/h6-23,28-29,31,42-47,58H,24-27,30H2,1-5H3,(H,54,63). The number of methoxy groups -OCH3 is 3. The Bertz CT molecular complexity index is 2730. The molecule has 9 rings (SSSR count). The lowest BCUT2D eigenvalue weighted by Crippen LogP contribution is -2.58. The molecule has 2 fully saturated rings. The number of hydrogen-bond donors (Lipinski definition) is 2. The Hall–Kier alpha value is -7.23. The summed E-state index contributed by atoms with van der Waals surface area (Å²) >= 11 is 0. The van der Waals surface area contributed by atoms with Crippen molar-refractivity contribution in [1.29, 1.82) is 0 Å². The van der Waals surface area contributed by atoms with E-state index in [-0.39, 0.29) is 32.0 Å². The minimum atomic E-state index is -2.05. The van der Waals surface area contributed by atoms with E-state index in [0.29, 0.717) is 40.4 Å². The lowest BCUT2D eigenvalue weighted by Gasteiger charge is -2.46. The summed E-state index contributed by atoms with van der Waals surface area (Å²) in [5, 5.41) is 12.9. The molecule has 0 aromatic heterocycles. The molecule has 15 nitrogen and oxygen atoms in total. The second-order valence-electron chi connectivity index (χ2n) is 17.7. The number of nitrogens with one attached hydrogen (secondary N) is 1. The molecule has 68 heavy (non-hydrogen) atoms. The van der Waals surface area contributed by atoms with Crippen LogP contribution in [0, 0.1) is 11.8 Å². The Morgan fingerprint density at radius 1 is 0.794 bits per heavy atom. The first kappa shape index (κ1) is 45.9. The van der Waals surface area contributed by atoms with Crippen molar-refractivity contribution >= 4 is 35.5 Å². The summed E-state index contributed by atoms with van der Waals surface area (Å²) in [5.41, 5.74) is 2.03. The lowest BCUT2D eigenvalue weighted by atomic mass is 9.65. The SMILES string of the molecule is COC(=O)C(NC(=O)N1C(=O)C2(c3ccccc31)C(C(=O)N1CCc3cc(OC)c(OC)cc3C1)C1C(=O)OC(c3ccccc3)C(c3ccccc3)N1C2c1ccccc1OCCO)C(C)C. The number of ether oxygens (including phenoxy) is 5. The Balaban J connectivity index is 1.33. The molecular formula is C53H54N4O11. The van der Waals surface area contributed by atoms with Crippen LogP contribution in [0.25, 0.3) is 0 Å². The molecule has 4 aliphatic rings. The van der Waals surface area contributed by atoms with Crippen LogP contribution in [0.2, 0.25) is 0 Å². The molecule has 15 heteroatoms. The van der Waals surface area contributed by atoms with Gasteiger partial charge in [0.05, 0.1) is 51.6 Å². The molecular weight excluding hydrogens is 869 g/mol. The molecule has 0 saturated carbocycles. The van der Waals surface area contributed by atoms with Crippen molar-refractivity contribution in [3.8, 4) is 17.2 Å². The van der Waals surface area contributed by atoms with Gasteiger partial charge in [-0.05, 0) is 64.4 Å². The number of rotatable bonds is 12. The number of amides is 4. The van der Waals surface area contributed by atoms with Gasteiger partial charge in [0.2, 0.25) is 11.8 Å². The van der Waals surface area contributed by atoms with Crippen molar-refractivity contribution in [3.05, 3.63) is 155 Å². The van der Waals surface area contributed by atoms with Gasteiger partial charge < -0.3 is 39.0 Å². The van der Waals surface area contributed by atoms with Gasteiger partial charge in [-0.3, -0.25) is 19.3 Å². The zero-order valence-electron chi connectivity index (χ0n) is 38.5. The second kappa shape index (κ2) is 18.8. The smallest absolute Gasteiger partial charge is 0.329 e. The highest BCUT2D eigenvalue weighted by molar-refractivity contribution is 6.25. The van der Waals surface area contributed by atoms with Gasteiger partial charge in [0.1, 0.15) is 36.0 Å². The Labute approximate surface area is 394 Å². The van der Waals surface area contributed by atoms with Gasteiger partial charge in [0.25, 0.3) is 0 Å². The molecule has 0 radical (unpaired) electrons. The summed E-state index contributed by atoms with van der Waals surface area (Å²) in [6.07, 6.45) is -0.517. The molecule has 1 spiro atoms. The molecule has 5 aromatic carbocycles. The number of aliphatic hydroxyl groups is 1. The van der Waals surface area contributed by atoms with Crippen LogP contribution in [-0.2, 0) is 47.0 Å². The highest BCUT2D eigenvalue weighted by Gasteiger charge is 2.76. The third-order valence-corrected chi connectivity index (χ3v) is 13.8. The van der Waals surface area contributed by atoms with Crippen LogP contribution in [-0.4, -0.2) is 97.9 Å². The zero-order chi connectivity index (χ0) is 47.9. The van der Waals surface area contributed by atoms with Crippen molar-refractivity contribution in [2.75, 3.05) is 46.0 Å². The van der Waals surface area contributed by atoms with E-state index in [9.17, 15) is 14.7 Å². The number of anilines is 1. The summed E-state index contributed by atoms with van der Waals surface area (Å²) < 4.78 is 29.3. The molecule has 5 aromatic rings. The number of fused-ring (bicyclic) bond motifs is 4. The fourth-order valence-corrected chi connectivity index (χ4v) is 10.9. The van der Waals surface area contributed by atoms with Gasteiger partial charge in [-0.25, -0.2) is 14.5 Å². The van der Waals surface area contributed by atoms with E-state index in [1.54, 1.807) is 74.4 Å². The van der Waals surface area contributed by atoms with E-state index in [1.807, 2.05) is 77.7 Å². The number of nitrogens with zero attached hydrogens (tertiary/aromatic N) is 3. The number of esters is 2. The average Bonchev–Trinajstić information content (AvgIpc) is 3.83. The summed E-state index contributed by atoms with van der Waals surface area (Å²) in [5.74, 6) is -3.39. The van der Waals surface area contributed by atoms with Crippen LogP contribution >= 0.6 is 0 Å². The molecule has 352 valence electrons. The van der Waals surface area contributed by atoms with E-state index in [4.69, 9.17) is 23.7 Å². The first-order valence-corrected chi connectivity index (χ1v) is 22.7. The summed E-state index contributed by atoms with van der Waals surface area (Å²) in [7, 11) is 4.32. The number of hydrogen-bond acceptors (Lipinski definition) is 12. The number of carbonyl (C=O) groups excluding carboxylic acids is 5. The van der Waals surface area contributed by atoms with E-state index >= 15 is 14.4 Å². The molecule has 4 amide bonds. The maximum Gasteiger partial charge on any atom is 0.329 e. The number of imide groups is 1. The van der Waals surface area contributed by atoms with E-state index in [2.05, 4.69) is 5.32 Å². The van der Waals surface area contributed by atoms with Gasteiger partial charge in [-0.1, -0.05) is 111 Å². The fourth-order valence-electron chi connectivity index (χ4n) is 10.9. The first-order chi connectivity index (χ1) is 33.0. The normalized spacial score (nSPS) is 23.3. The highest BCUT2D eigenvalue weighted by Crippen LogP contribution is 2.67. The molecule has 0 bridgehead atoms. The number of para-hydroxylation sites is 2. The summed E-state index contributed by atoms with van der Waals surface area (Å²) in [6.45, 7) is 3.38. The van der Waals surface area contributed by atoms with Crippen LogP contribution in [0.1, 0.15) is 65.4 Å². The molecule has 7 unspecified atom stereocenters. The van der Waals surface area contributed by atoms with Crippen molar-refractivity contribution in [2.24, 2.45) is 11.8 Å². The molecule has 0 aliphatic carbocycles. The molecule has 7 atom stereocenters. The van der Waals surface area contributed by atoms with Crippen molar-refractivity contribution in [3.63, 3.8) is 0 Å². The van der Waals surface area contributed by atoms with Crippen LogP contribution < -0.4 is 24.4 Å². The second-order valence-corrected chi connectivity index (χ2v) is 17.7. The van der Waals surface area contributed by atoms with Gasteiger partial charge in [-0.2, -0.15) is 0 Å². The van der Waals surface area contributed by atoms with Crippen LogP contribution in [0.15, 0.2) is 121 Å². The predicted molar refractivity (Wildman–Crippen MR) is 249 cm³/mol. The van der Waals surface area contributed by atoms with Crippen LogP contribution in [0.5, 0.6) is 17.2 Å². The van der Waals surface area contributed by atoms with Gasteiger partial charge in [0, 0.05) is 18.7 Å². The van der Waals surface area contributed by atoms with Gasteiger partial charge >= 0.3 is 18.0 Å². The monoisotopic (exact) mass is 922 g/mol. The summed E-state index contributed by atoms with van der Waals surface area (Å²) in [4.78, 5) is 81.2. The van der Waals surface area contributed by atoms with E-state index in [0.717, 1.165) is 21.6 Å². The number of cyclic esters (lactones) is 1. The molecule has 4 heterocycles. The zero-order valence-corrected chi connectivity index (χ0v) is 38.5. The first-order valence-electron chi connectivity index (χ1n) is 22.7. The van der Waals surface area contributed by atoms with E-state index < -0.39 is 77.3 Å². The number of morpholine rings is 1. The lowest BCUT2D eigenvalue weighted by molar-refractivity contribution is -0.179. The van der Waals surface area contributed by atoms with Crippen LogP contribution in [0.3, 0.4) is 0 Å². The highest BCUT2D eigenvalue weighted by atomic mass is 16.6. The minimum absolute atomic E-state index is 0.105. The van der Waals surface area contributed by atoms with E-state index in [1.165, 1.54) is 14.2 Å². The third-order valence-electron chi connectivity index (χ3n) is 13.8. The topological polar surface area (TPSA) is 173 Å². The minimum Gasteiger partial charge on any atom is -0.493 e. The number of urea groups is 1. The van der Waals surface area contributed by atoms with Crippen molar-refractivity contribution in [1.82, 2.24) is 15.1 Å². The van der Waals surface area contributed by atoms with Crippen molar-refractivity contribution in [2.45, 2.75) is 62.5 Å². The largest absolute Gasteiger partial charge is 0.493 e. The van der Waals surface area contributed by atoms with Gasteiger partial charge in [0.15, 0.2) is 11.5 Å². The maximum absolute atomic E-state index is 16.6. The van der Waals surface area contributed by atoms with Gasteiger partial charge in [-0.15, -0.1) is 0 Å². The Morgan fingerprint density at radius 3 is 2.09 bits per heavy atom. The third kappa shape index (κ3) is 7.49. The quantitative estimate of drug-likeness (QED) is 0.135. The Morgan fingerprint density at radius 2 is 1.43 bits per heavy atom. The average molecular weight is 923 g/mol. The molecule has 2 N–H and O–H groups in total. The fraction of sp³-hybridized carbons (Fsp3) is 0.340. The maximum atomic E-state index is 16.6. The van der Waals surface area contributed by atoms with Crippen molar-refractivity contribution < 1.29 is 52.8 Å². The number of carbonyl (C=O) groups is 5. The predicted octanol–water partition coefficient (Wildman–Crippen LogP) is 6.23. The van der Waals surface area contributed by atoms with Crippen LogP contribution in [0.4, 0.5) is 10.5 Å². The molecule has 2 saturated heterocycles. The number of aliphatic hydroxyl groups excluding tert-OH is 1. The Kier molecular flexibility index (Phi) is 12.7. The summed E-state index contributed by atoms with van der Waals surface area (Å²) in [6, 6.07) is 30.9.